The van der Waals surface area contributed by atoms with E-state index >= 15 is 0 Å². The van der Waals surface area contributed by atoms with Gasteiger partial charge in [-0.1, -0.05) is 48.0 Å². The summed E-state index contributed by atoms with van der Waals surface area (Å²) in [6, 6.07) is 6.50. The topological polar surface area (TPSA) is 9.23 Å². The van der Waals surface area contributed by atoms with Crippen molar-refractivity contribution in [3.8, 4) is 0 Å². The molecule has 0 aliphatic rings. The van der Waals surface area contributed by atoms with Gasteiger partial charge in [-0.05, 0) is 36.0 Å². The van der Waals surface area contributed by atoms with E-state index in [2.05, 4.69) is 48.0 Å². The molecule has 0 fully saturated rings. The van der Waals surface area contributed by atoms with Gasteiger partial charge in [0.25, 0.3) is 6.43 Å². The highest BCUT2D eigenvalue weighted by Crippen LogP contribution is 2.30. The average molecular weight is 335 g/mol. The van der Waals surface area contributed by atoms with Crippen LogP contribution in [0.2, 0.25) is 0 Å². The average Bonchev–Trinajstić information content (AvgIpc) is 2.42. The van der Waals surface area contributed by atoms with Crippen LogP contribution in [-0.2, 0) is 17.6 Å². The molecule has 1 nitrogen and oxygen atoms in total. The van der Waals surface area contributed by atoms with E-state index in [1.165, 1.54) is 16.7 Å². The van der Waals surface area contributed by atoms with Crippen LogP contribution < -0.4 is 0 Å². The highest BCUT2D eigenvalue weighted by atomic mass is 79.9. The fourth-order valence-corrected chi connectivity index (χ4v) is 2.61. The highest BCUT2D eigenvalue weighted by molar-refractivity contribution is 9.09. The Kier molecular flexibility index (Phi) is 7.54. The van der Waals surface area contributed by atoms with Crippen LogP contribution in [0.4, 0.5) is 8.78 Å². The monoisotopic (exact) mass is 334 g/mol. The molecule has 19 heavy (non-hydrogen) atoms. The number of halogens is 3. The van der Waals surface area contributed by atoms with Gasteiger partial charge in [-0.25, -0.2) is 8.78 Å². The lowest BCUT2D eigenvalue weighted by atomic mass is 9.97. The van der Waals surface area contributed by atoms with Crippen molar-refractivity contribution in [3.05, 3.63) is 34.9 Å². The first-order chi connectivity index (χ1) is 9.08. The molecule has 1 aromatic rings. The van der Waals surface area contributed by atoms with Crippen molar-refractivity contribution in [3.63, 3.8) is 0 Å². The molecule has 1 unspecified atom stereocenters. The van der Waals surface area contributed by atoms with E-state index in [0.29, 0.717) is 13.0 Å². The second kappa shape index (κ2) is 8.64. The SMILES string of the molecule is CCc1ccc(CC)c(C(Br)CCOCC(F)F)c1. The normalized spacial score (nSPS) is 12.9. The van der Waals surface area contributed by atoms with Crippen molar-refractivity contribution >= 4 is 15.9 Å². The molecular formula is C15H21BrF2O. The number of hydrogen-bond donors (Lipinski definition) is 0. The molecule has 0 bridgehead atoms. The van der Waals surface area contributed by atoms with Crippen LogP contribution in [0.1, 0.15) is 41.8 Å². The van der Waals surface area contributed by atoms with Crippen molar-refractivity contribution in [1.29, 1.82) is 0 Å². The van der Waals surface area contributed by atoms with E-state index in [0.717, 1.165) is 12.8 Å². The first kappa shape index (κ1) is 16.6. The van der Waals surface area contributed by atoms with Crippen LogP contribution in [-0.4, -0.2) is 19.6 Å². The van der Waals surface area contributed by atoms with Crippen LogP contribution in [0.15, 0.2) is 18.2 Å². The summed E-state index contributed by atoms with van der Waals surface area (Å²) in [6.07, 6.45) is 0.286. The molecule has 4 heteroatoms. The van der Waals surface area contributed by atoms with Crippen LogP contribution in [0.5, 0.6) is 0 Å². The fourth-order valence-electron chi connectivity index (χ4n) is 1.99. The van der Waals surface area contributed by atoms with Crippen molar-refractivity contribution in [2.24, 2.45) is 0 Å². The van der Waals surface area contributed by atoms with E-state index in [4.69, 9.17) is 4.74 Å². The van der Waals surface area contributed by atoms with Gasteiger partial charge in [0.2, 0.25) is 0 Å². The Labute approximate surface area is 122 Å². The highest BCUT2D eigenvalue weighted by Gasteiger charge is 2.12. The standard InChI is InChI=1S/C15H21BrF2O/c1-3-11-5-6-12(4-2)13(9-11)14(16)7-8-19-10-15(17)18/h5-6,9,14-15H,3-4,7-8,10H2,1-2H3. The number of ether oxygens (including phenoxy) is 1. The number of benzene rings is 1. The number of hydrogen-bond acceptors (Lipinski definition) is 1. The van der Waals surface area contributed by atoms with E-state index in [1.807, 2.05) is 0 Å². The first-order valence-corrected chi connectivity index (χ1v) is 7.61. The molecule has 1 aromatic carbocycles. The number of alkyl halides is 3. The summed E-state index contributed by atoms with van der Waals surface area (Å²) in [5.41, 5.74) is 3.85. The molecule has 0 radical (unpaired) electrons. The Bertz CT molecular complexity index is 382. The Morgan fingerprint density at radius 3 is 2.53 bits per heavy atom. The van der Waals surface area contributed by atoms with Crippen LogP contribution >= 0.6 is 15.9 Å². The molecule has 1 atom stereocenters. The predicted molar refractivity (Wildman–Crippen MR) is 78.3 cm³/mol. The minimum Gasteiger partial charge on any atom is -0.375 e. The summed E-state index contributed by atoms with van der Waals surface area (Å²) in [5, 5.41) is 0. The Morgan fingerprint density at radius 1 is 1.21 bits per heavy atom. The summed E-state index contributed by atoms with van der Waals surface area (Å²) in [6.45, 7) is 4.12. The van der Waals surface area contributed by atoms with Crippen LogP contribution in [0, 0.1) is 0 Å². The summed E-state index contributed by atoms with van der Waals surface area (Å²) >= 11 is 3.64. The van der Waals surface area contributed by atoms with Crippen LogP contribution in [0.3, 0.4) is 0 Å². The largest absolute Gasteiger partial charge is 0.375 e. The summed E-state index contributed by atoms with van der Waals surface area (Å²) in [4.78, 5) is 0.159. The van der Waals surface area contributed by atoms with Gasteiger partial charge in [-0.3, -0.25) is 0 Å². The van der Waals surface area contributed by atoms with Gasteiger partial charge in [-0.15, -0.1) is 0 Å². The molecule has 0 aliphatic heterocycles. The van der Waals surface area contributed by atoms with E-state index in [1.54, 1.807) is 0 Å². The lowest BCUT2D eigenvalue weighted by Crippen LogP contribution is -2.07. The second-order valence-corrected chi connectivity index (χ2v) is 5.57. The van der Waals surface area contributed by atoms with Crippen molar-refractivity contribution in [2.75, 3.05) is 13.2 Å². The van der Waals surface area contributed by atoms with Gasteiger partial charge < -0.3 is 4.74 Å². The predicted octanol–water partition coefficient (Wildman–Crippen LogP) is 4.92. The third kappa shape index (κ3) is 5.57. The third-order valence-corrected chi connectivity index (χ3v) is 4.05. The lowest BCUT2D eigenvalue weighted by molar-refractivity contribution is 0.0167. The maximum absolute atomic E-state index is 12.0. The molecular weight excluding hydrogens is 314 g/mol. The Hall–Kier alpha value is -0.480. The zero-order chi connectivity index (χ0) is 14.3. The van der Waals surface area contributed by atoms with Gasteiger partial charge in [0.15, 0.2) is 0 Å². The molecule has 108 valence electrons. The summed E-state index contributed by atoms with van der Waals surface area (Å²) < 4.78 is 28.9. The molecule has 0 saturated carbocycles. The smallest absolute Gasteiger partial charge is 0.261 e. The van der Waals surface area contributed by atoms with Crippen molar-refractivity contribution in [1.82, 2.24) is 0 Å². The van der Waals surface area contributed by atoms with Crippen molar-refractivity contribution < 1.29 is 13.5 Å². The van der Waals surface area contributed by atoms with Crippen LogP contribution in [0.25, 0.3) is 0 Å². The fraction of sp³-hybridized carbons (Fsp3) is 0.600. The molecule has 0 saturated heterocycles. The number of aryl methyl sites for hydroxylation is 2. The van der Waals surface area contributed by atoms with Gasteiger partial charge in [0.05, 0.1) is 0 Å². The molecule has 1 rings (SSSR count). The molecule has 0 N–H and O–H groups in total. The first-order valence-electron chi connectivity index (χ1n) is 6.70. The minimum absolute atomic E-state index is 0.159. The van der Waals surface area contributed by atoms with Crippen molar-refractivity contribution in [2.45, 2.75) is 44.4 Å². The molecule has 0 aromatic heterocycles. The summed E-state index contributed by atoms with van der Waals surface area (Å²) in [5.74, 6) is 0. The third-order valence-electron chi connectivity index (χ3n) is 3.10. The maximum Gasteiger partial charge on any atom is 0.261 e. The van der Waals surface area contributed by atoms with E-state index in [9.17, 15) is 8.78 Å². The van der Waals surface area contributed by atoms with Gasteiger partial charge >= 0.3 is 0 Å². The quantitative estimate of drug-likeness (QED) is 0.484. The molecule has 0 aliphatic carbocycles. The summed E-state index contributed by atoms with van der Waals surface area (Å²) in [7, 11) is 0. The molecule has 0 heterocycles. The minimum atomic E-state index is -2.39. The van der Waals surface area contributed by atoms with E-state index < -0.39 is 13.0 Å². The Morgan fingerprint density at radius 2 is 1.95 bits per heavy atom. The zero-order valence-electron chi connectivity index (χ0n) is 11.5. The lowest BCUT2D eigenvalue weighted by Gasteiger charge is -2.16. The van der Waals surface area contributed by atoms with E-state index in [-0.39, 0.29) is 4.83 Å². The van der Waals surface area contributed by atoms with Gasteiger partial charge in [0, 0.05) is 11.4 Å². The van der Waals surface area contributed by atoms with Gasteiger partial charge in [0.1, 0.15) is 6.61 Å². The molecule has 0 amide bonds. The molecule has 0 spiro atoms. The number of rotatable bonds is 8. The second-order valence-electron chi connectivity index (χ2n) is 4.46. The zero-order valence-corrected chi connectivity index (χ0v) is 13.1. The maximum atomic E-state index is 12.0. The van der Waals surface area contributed by atoms with Gasteiger partial charge in [-0.2, -0.15) is 0 Å². The Balaban J connectivity index is 2.61.